The van der Waals surface area contributed by atoms with Crippen LogP contribution in [0, 0.1) is 0 Å². The Balaban J connectivity index is 1.98. The molecule has 0 fully saturated rings. The van der Waals surface area contributed by atoms with Gasteiger partial charge in [-0.3, -0.25) is 4.99 Å². The predicted octanol–water partition coefficient (Wildman–Crippen LogP) is 3.98. The monoisotopic (exact) mass is 425 g/mol. The van der Waals surface area contributed by atoms with E-state index in [4.69, 9.17) is 21.1 Å². The van der Waals surface area contributed by atoms with Crippen LogP contribution in [0.15, 0.2) is 45.9 Å². The first-order valence-corrected chi connectivity index (χ1v) is 8.83. The van der Waals surface area contributed by atoms with E-state index in [1.807, 2.05) is 36.4 Å². The molecule has 0 aromatic heterocycles. The van der Waals surface area contributed by atoms with Crippen LogP contribution in [0.5, 0.6) is 11.5 Å². The minimum atomic E-state index is 0.591. The maximum Gasteiger partial charge on any atom is 0.191 e. The van der Waals surface area contributed by atoms with Gasteiger partial charge in [0.15, 0.2) is 17.5 Å². The summed E-state index contributed by atoms with van der Waals surface area (Å²) in [5.74, 6) is 2.05. The molecular weight excluding hydrogens is 406 g/mol. The highest BCUT2D eigenvalue weighted by atomic mass is 79.9. The SMILES string of the molecule is CN=C(NCc1cccc(Cl)c1)NCc1cc(Br)c(OC)c(OC)c1. The number of rotatable bonds is 6. The van der Waals surface area contributed by atoms with Crippen LogP contribution in [0.25, 0.3) is 0 Å². The first-order chi connectivity index (χ1) is 12.1. The fraction of sp³-hybridized carbons (Fsp3) is 0.278. The Morgan fingerprint density at radius 1 is 1.08 bits per heavy atom. The Morgan fingerprint density at radius 3 is 2.40 bits per heavy atom. The number of nitrogens with one attached hydrogen (secondary N) is 2. The molecule has 0 aliphatic rings. The minimum absolute atomic E-state index is 0.591. The number of guanidine groups is 1. The molecule has 0 saturated carbocycles. The van der Waals surface area contributed by atoms with E-state index >= 15 is 0 Å². The summed E-state index contributed by atoms with van der Waals surface area (Å²) in [6, 6.07) is 11.6. The first kappa shape index (κ1) is 19.4. The standard InChI is InChI=1S/C18H21BrClN3O2/c1-21-18(22-10-12-5-4-6-14(20)7-12)23-11-13-8-15(19)17(25-3)16(9-13)24-2/h4-9H,10-11H2,1-3H3,(H2,21,22,23). The van der Waals surface area contributed by atoms with Crippen molar-refractivity contribution in [3.8, 4) is 11.5 Å². The fourth-order valence-corrected chi connectivity index (χ4v) is 3.18. The van der Waals surface area contributed by atoms with Gasteiger partial charge in [-0.1, -0.05) is 23.7 Å². The van der Waals surface area contributed by atoms with Gasteiger partial charge in [-0.05, 0) is 51.3 Å². The van der Waals surface area contributed by atoms with Gasteiger partial charge >= 0.3 is 0 Å². The number of hydrogen-bond donors (Lipinski definition) is 2. The molecule has 7 heteroatoms. The maximum absolute atomic E-state index is 6.00. The Hall–Kier alpha value is -1.92. The van der Waals surface area contributed by atoms with E-state index in [2.05, 4.69) is 31.6 Å². The van der Waals surface area contributed by atoms with E-state index in [0.717, 1.165) is 20.6 Å². The third-order valence-electron chi connectivity index (χ3n) is 3.53. The summed E-state index contributed by atoms with van der Waals surface area (Å²) in [6.45, 7) is 1.23. The second-order valence-electron chi connectivity index (χ2n) is 5.22. The molecule has 5 nitrogen and oxygen atoms in total. The molecule has 2 aromatic carbocycles. The molecule has 0 amide bonds. The zero-order valence-electron chi connectivity index (χ0n) is 14.4. The lowest BCUT2D eigenvalue weighted by molar-refractivity contribution is 0.352. The highest BCUT2D eigenvalue weighted by molar-refractivity contribution is 9.10. The van der Waals surface area contributed by atoms with E-state index in [1.165, 1.54) is 0 Å². The molecule has 2 aromatic rings. The van der Waals surface area contributed by atoms with Crippen molar-refractivity contribution in [2.75, 3.05) is 21.3 Å². The van der Waals surface area contributed by atoms with Gasteiger partial charge in [0.1, 0.15) is 0 Å². The molecular formula is C18H21BrClN3O2. The van der Waals surface area contributed by atoms with Crippen molar-refractivity contribution in [3.05, 3.63) is 57.0 Å². The summed E-state index contributed by atoms with van der Waals surface area (Å²) in [5, 5.41) is 7.26. The van der Waals surface area contributed by atoms with Crippen molar-refractivity contribution < 1.29 is 9.47 Å². The summed E-state index contributed by atoms with van der Waals surface area (Å²) in [7, 11) is 4.97. The summed E-state index contributed by atoms with van der Waals surface area (Å²) in [4.78, 5) is 4.23. The van der Waals surface area contributed by atoms with Crippen molar-refractivity contribution in [2.45, 2.75) is 13.1 Å². The molecule has 0 bridgehead atoms. The van der Waals surface area contributed by atoms with Gasteiger partial charge in [0.2, 0.25) is 0 Å². The number of ether oxygens (including phenoxy) is 2. The number of nitrogens with zero attached hydrogens (tertiary/aromatic N) is 1. The van der Waals surface area contributed by atoms with Gasteiger partial charge in [0.05, 0.1) is 18.7 Å². The molecule has 0 unspecified atom stereocenters. The van der Waals surface area contributed by atoms with Gasteiger partial charge in [-0.2, -0.15) is 0 Å². The second-order valence-corrected chi connectivity index (χ2v) is 6.51. The number of halogens is 2. The van der Waals surface area contributed by atoms with E-state index in [-0.39, 0.29) is 0 Å². The smallest absolute Gasteiger partial charge is 0.191 e. The van der Waals surface area contributed by atoms with E-state index < -0.39 is 0 Å². The largest absolute Gasteiger partial charge is 0.493 e. The molecule has 25 heavy (non-hydrogen) atoms. The molecule has 0 saturated heterocycles. The van der Waals surface area contributed by atoms with Crippen LogP contribution in [-0.2, 0) is 13.1 Å². The molecule has 0 radical (unpaired) electrons. The van der Waals surface area contributed by atoms with Crippen LogP contribution in [0.2, 0.25) is 5.02 Å². The normalized spacial score (nSPS) is 11.2. The predicted molar refractivity (Wildman–Crippen MR) is 106 cm³/mol. The van der Waals surface area contributed by atoms with Crippen molar-refractivity contribution in [3.63, 3.8) is 0 Å². The summed E-state index contributed by atoms with van der Waals surface area (Å²) in [6.07, 6.45) is 0. The molecule has 2 rings (SSSR count). The molecule has 0 heterocycles. The average Bonchev–Trinajstić information content (AvgIpc) is 2.61. The number of benzene rings is 2. The number of methoxy groups -OCH3 is 2. The van der Waals surface area contributed by atoms with Crippen molar-refractivity contribution in [1.82, 2.24) is 10.6 Å². The van der Waals surface area contributed by atoms with Crippen molar-refractivity contribution >= 4 is 33.5 Å². The lowest BCUT2D eigenvalue weighted by Crippen LogP contribution is -2.36. The van der Waals surface area contributed by atoms with Crippen LogP contribution in [0.1, 0.15) is 11.1 Å². The molecule has 0 spiro atoms. The molecule has 2 N–H and O–H groups in total. The Morgan fingerprint density at radius 2 is 1.80 bits per heavy atom. The third kappa shape index (κ3) is 5.54. The van der Waals surface area contributed by atoms with Crippen LogP contribution in [0.4, 0.5) is 0 Å². The maximum atomic E-state index is 6.00. The molecule has 134 valence electrons. The highest BCUT2D eigenvalue weighted by Gasteiger charge is 2.10. The zero-order chi connectivity index (χ0) is 18.2. The van der Waals surface area contributed by atoms with Crippen LogP contribution < -0.4 is 20.1 Å². The van der Waals surface area contributed by atoms with Gasteiger partial charge in [0, 0.05) is 25.2 Å². The van der Waals surface area contributed by atoms with Gasteiger partial charge in [0.25, 0.3) is 0 Å². The summed E-state index contributed by atoms with van der Waals surface area (Å²) in [5.41, 5.74) is 2.12. The molecule has 0 atom stereocenters. The van der Waals surface area contributed by atoms with Crippen molar-refractivity contribution in [2.24, 2.45) is 4.99 Å². The van der Waals surface area contributed by atoms with Gasteiger partial charge in [-0.15, -0.1) is 0 Å². The number of hydrogen-bond acceptors (Lipinski definition) is 3. The topological polar surface area (TPSA) is 54.9 Å². The fourth-order valence-electron chi connectivity index (χ4n) is 2.31. The van der Waals surface area contributed by atoms with E-state index in [1.54, 1.807) is 21.3 Å². The highest BCUT2D eigenvalue weighted by Crippen LogP contribution is 2.36. The lowest BCUT2D eigenvalue weighted by Gasteiger charge is -2.15. The Labute approximate surface area is 161 Å². The third-order valence-corrected chi connectivity index (χ3v) is 4.35. The van der Waals surface area contributed by atoms with Gasteiger partial charge in [-0.25, -0.2) is 0 Å². The van der Waals surface area contributed by atoms with Gasteiger partial charge < -0.3 is 20.1 Å². The van der Waals surface area contributed by atoms with E-state index in [0.29, 0.717) is 30.5 Å². The van der Waals surface area contributed by atoms with E-state index in [9.17, 15) is 0 Å². The van der Waals surface area contributed by atoms with Crippen LogP contribution >= 0.6 is 27.5 Å². The molecule has 0 aliphatic heterocycles. The first-order valence-electron chi connectivity index (χ1n) is 7.66. The van der Waals surface area contributed by atoms with Crippen molar-refractivity contribution in [1.29, 1.82) is 0 Å². The Kier molecular flexibility index (Phi) is 7.40. The van der Waals surface area contributed by atoms with Crippen LogP contribution in [0.3, 0.4) is 0 Å². The number of aliphatic imine (C=N–C) groups is 1. The lowest BCUT2D eigenvalue weighted by atomic mass is 10.2. The summed E-state index contributed by atoms with van der Waals surface area (Å²) < 4.78 is 11.5. The molecule has 0 aliphatic carbocycles. The quantitative estimate of drug-likeness (QED) is 0.542. The zero-order valence-corrected chi connectivity index (χ0v) is 16.7. The van der Waals surface area contributed by atoms with Crippen LogP contribution in [-0.4, -0.2) is 27.2 Å². The summed E-state index contributed by atoms with van der Waals surface area (Å²) >= 11 is 9.50. The Bertz CT molecular complexity index is 753. The average molecular weight is 427 g/mol. The second kappa shape index (κ2) is 9.53. The minimum Gasteiger partial charge on any atom is -0.493 e.